The zero-order valence-corrected chi connectivity index (χ0v) is 14.1. The lowest BCUT2D eigenvalue weighted by molar-refractivity contribution is 0.0928. The molecule has 0 radical (unpaired) electrons. The summed E-state index contributed by atoms with van der Waals surface area (Å²) in [4.78, 5) is 12.0. The Morgan fingerprint density at radius 1 is 1.38 bits per heavy atom. The van der Waals surface area contributed by atoms with Crippen molar-refractivity contribution >= 4 is 25.6 Å². The quantitative estimate of drug-likeness (QED) is 0.812. The van der Waals surface area contributed by atoms with Crippen molar-refractivity contribution in [1.82, 2.24) is 5.32 Å². The number of amides is 1. The van der Waals surface area contributed by atoms with Crippen LogP contribution < -0.4 is 10.1 Å². The first-order valence-electron chi connectivity index (χ1n) is 6.64. The molecule has 0 spiro atoms. The van der Waals surface area contributed by atoms with Gasteiger partial charge in [-0.25, -0.2) is 8.42 Å². The van der Waals surface area contributed by atoms with E-state index in [-0.39, 0.29) is 28.2 Å². The van der Waals surface area contributed by atoms with E-state index in [2.05, 4.69) is 5.32 Å². The van der Waals surface area contributed by atoms with Crippen LogP contribution in [0.5, 0.6) is 5.75 Å². The molecule has 0 aromatic heterocycles. The standard InChI is InChI=1S/C14H20ClNO4S/c1-5-9(2)10(3)16-14(17)11-6-7-12(20-4)13(8-11)21(15,18)19/h6-10H,5H2,1-4H3,(H,16,17). The molecular weight excluding hydrogens is 314 g/mol. The van der Waals surface area contributed by atoms with Crippen LogP contribution in [0.4, 0.5) is 0 Å². The van der Waals surface area contributed by atoms with E-state index in [4.69, 9.17) is 15.4 Å². The molecule has 5 nitrogen and oxygen atoms in total. The summed E-state index contributed by atoms with van der Waals surface area (Å²) in [6.45, 7) is 5.99. The molecule has 1 rings (SSSR count). The molecule has 1 amide bonds. The number of carbonyl (C=O) groups excluding carboxylic acids is 1. The normalized spacial score (nSPS) is 14.3. The number of benzene rings is 1. The number of hydrogen-bond donors (Lipinski definition) is 1. The highest BCUT2D eigenvalue weighted by molar-refractivity contribution is 8.13. The highest BCUT2D eigenvalue weighted by atomic mass is 35.7. The van der Waals surface area contributed by atoms with Gasteiger partial charge in [0.15, 0.2) is 0 Å². The van der Waals surface area contributed by atoms with Gasteiger partial charge in [0.2, 0.25) is 0 Å². The van der Waals surface area contributed by atoms with E-state index in [1.165, 1.54) is 25.3 Å². The lowest BCUT2D eigenvalue weighted by Gasteiger charge is -2.20. The molecular formula is C14H20ClNO4S. The number of methoxy groups -OCH3 is 1. The van der Waals surface area contributed by atoms with Gasteiger partial charge in [0, 0.05) is 22.3 Å². The fourth-order valence-electron chi connectivity index (χ4n) is 1.79. The number of hydrogen-bond acceptors (Lipinski definition) is 4. The van der Waals surface area contributed by atoms with Crippen molar-refractivity contribution in [3.63, 3.8) is 0 Å². The van der Waals surface area contributed by atoms with Crippen LogP contribution in [0.25, 0.3) is 0 Å². The minimum absolute atomic E-state index is 0.0133. The van der Waals surface area contributed by atoms with Gasteiger partial charge in [0.05, 0.1) is 7.11 Å². The third kappa shape index (κ3) is 4.61. The van der Waals surface area contributed by atoms with Gasteiger partial charge in [0.25, 0.3) is 15.0 Å². The molecule has 0 aliphatic rings. The first kappa shape index (κ1) is 17.8. The molecule has 0 saturated carbocycles. The number of nitrogens with one attached hydrogen (secondary N) is 1. The third-order valence-electron chi connectivity index (χ3n) is 3.54. The largest absolute Gasteiger partial charge is 0.495 e. The van der Waals surface area contributed by atoms with Gasteiger partial charge in [-0.05, 0) is 31.0 Å². The monoisotopic (exact) mass is 333 g/mol. The van der Waals surface area contributed by atoms with E-state index in [1.54, 1.807) is 0 Å². The Morgan fingerprint density at radius 3 is 2.48 bits per heavy atom. The van der Waals surface area contributed by atoms with Crippen molar-refractivity contribution in [3.8, 4) is 5.75 Å². The van der Waals surface area contributed by atoms with Crippen LogP contribution in [0.2, 0.25) is 0 Å². The Hall–Kier alpha value is -1.27. The lowest BCUT2D eigenvalue weighted by atomic mass is 10.0. The number of carbonyl (C=O) groups is 1. The Kier molecular flexibility index (Phi) is 6.04. The van der Waals surface area contributed by atoms with Crippen LogP contribution >= 0.6 is 10.7 Å². The second kappa shape index (κ2) is 7.13. The van der Waals surface area contributed by atoms with E-state index in [0.717, 1.165) is 6.42 Å². The molecule has 2 atom stereocenters. The molecule has 0 heterocycles. The summed E-state index contributed by atoms with van der Waals surface area (Å²) in [5.41, 5.74) is 0.227. The third-order valence-corrected chi connectivity index (χ3v) is 4.89. The average molecular weight is 334 g/mol. The van der Waals surface area contributed by atoms with Gasteiger partial charge in [-0.2, -0.15) is 0 Å². The van der Waals surface area contributed by atoms with Crippen molar-refractivity contribution < 1.29 is 17.9 Å². The molecule has 7 heteroatoms. The maximum Gasteiger partial charge on any atom is 0.265 e. The van der Waals surface area contributed by atoms with Crippen molar-refractivity contribution in [2.45, 2.75) is 38.1 Å². The molecule has 0 bridgehead atoms. The van der Waals surface area contributed by atoms with Gasteiger partial charge in [-0.1, -0.05) is 20.3 Å². The molecule has 0 fully saturated rings. The molecule has 118 valence electrons. The lowest BCUT2D eigenvalue weighted by Crippen LogP contribution is -2.36. The molecule has 21 heavy (non-hydrogen) atoms. The molecule has 1 aromatic rings. The Labute approximate surface area is 130 Å². The maximum absolute atomic E-state index is 12.2. The maximum atomic E-state index is 12.2. The van der Waals surface area contributed by atoms with E-state index in [0.29, 0.717) is 5.92 Å². The van der Waals surface area contributed by atoms with Gasteiger partial charge in [0.1, 0.15) is 10.6 Å². The van der Waals surface area contributed by atoms with E-state index < -0.39 is 9.05 Å². The molecule has 0 saturated heterocycles. The van der Waals surface area contributed by atoms with Crippen LogP contribution in [0.3, 0.4) is 0 Å². The highest BCUT2D eigenvalue weighted by Crippen LogP contribution is 2.27. The van der Waals surface area contributed by atoms with Crippen molar-refractivity contribution in [1.29, 1.82) is 0 Å². The van der Waals surface area contributed by atoms with Gasteiger partial charge >= 0.3 is 0 Å². The Balaban J connectivity index is 3.07. The number of ether oxygens (including phenoxy) is 1. The number of halogens is 1. The summed E-state index contributed by atoms with van der Waals surface area (Å²) in [6, 6.07) is 4.13. The van der Waals surface area contributed by atoms with Crippen LogP contribution in [0.15, 0.2) is 23.1 Å². The van der Waals surface area contributed by atoms with Crippen LogP contribution in [-0.4, -0.2) is 27.5 Å². The van der Waals surface area contributed by atoms with Crippen LogP contribution in [0, 0.1) is 5.92 Å². The molecule has 1 N–H and O–H groups in total. The summed E-state index contributed by atoms with van der Waals surface area (Å²) in [5.74, 6) is 0.0898. The minimum atomic E-state index is -3.98. The van der Waals surface area contributed by atoms with Crippen molar-refractivity contribution in [2.75, 3.05) is 7.11 Å². The van der Waals surface area contributed by atoms with E-state index in [1.807, 2.05) is 20.8 Å². The van der Waals surface area contributed by atoms with Crippen LogP contribution in [-0.2, 0) is 9.05 Å². The molecule has 1 aromatic carbocycles. The van der Waals surface area contributed by atoms with Crippen molar-refractivity contribution in [3.05, 3.63) is 23.8 Å². The first-order chi connectivity index (χ1) is 9.70. The molecule has 2 unspecified atom stereocenters. The Bertz CT molecular complexity index is 615. The van der Waals surface area contributed by atoms with Gasteiger partial charge < -0.3 is 10.1 Å². The summed E-state index contributed by atoms with van der Waals surface area (Å²) >= 11 is 0. The van der Waals surface area contributed by atoms with E-state index >= 15 is 0 Å². The zero-order chi connectivity index (χ0) is 16.2. The average Bonchev–Trinajstić information content (AvgIpc) is 2.44. The SMILES string of the molecule is CCC(C)C(C)NC(=O)c1ccc(OC)c(S(=O)(=O)Cl)c1. The number of rotatable bonds is 6. The smallest absolute Gasteiger partial charge is 0.265 e. The topological polar surface area (TPSA) is 72.5 Å². The fourth-order valence-corrected chi connectivity index (χ4v) is 2.82. The highest BCUT2D eigenvalue weighted by Gasteiger charge is 2.20. The summed E-state index contributed by atoms with van der Waals surface area (Å²) in [6.07, 6.45) is 0.936. The zero-order valence-electron chi connectivity index (χ0n) is 12.5. The Morgan fingerprint density at radius 2 is 2.00 bits per heavy atom. The van der Waals surface area contributed by atoms with E-state index in [9.17, 15) is 13.2 Å². The predicted molar refractivity (Wildman–Crippen MR) is 82.4 cm³/mol. The minimum Gasteiger partial charge on any atom is -0.495 e. The molecule has 0 aliphatic carbocycles. The van der Waals surface area contributed by atoms with Gasteiger partial charge in [-0.15, -0.1) is 0 Å². The van der Waals surface area contributed by atoms with Crippen molar-refractivity contribution in [2.24, 2.45) is 5.92 Å². The fraction of sp³-hybridized carbons (Fsp3) is 0.500. The molecule has 0 aliphatic heterocycles. The second-order valence-electron chi connectivity index (χ2n) is 4.95. The van der Waals surface area contributed by atoms with Crippen LogP contribution in [0.1, 0.15) is 37.6 Å². The van der Waals surface area contributed by atoms with Gasteiger partial charge in [-0.3, -0.25) is 4.79 Å². The first-order valence-corrected chi connectivity index (χ1v) is 8.95. The summed E-state index contributed by atoms with van der Waals surface area (Å²) in [5, 5.41) is 2.85. The summed E-state index contributed by atoms with van der Waals surface area (Å²) in [7, 11) is 2.71. The second-order valence-corrected chi connectivity index (χ2v) is 7.49. The summed E-state index contributed by atoms with van der Waals surface area (Å²) < 4.78 is 28.0. The predicted octanol–water partition coefficient (Wildman–Crippen LogP) is 2.79.